The molecule has 0 aromatic heterocycles. The Morgan fingerprint density at radius 2 is 1.64 bits per heavy atom. The van der Waals surface area contributed by atoms with Crippen molar-refractivity contribution in [1.82, 2.24) is 0 Å². The van der Waals surface area contributed by atoms with Crippen LogP contribution in [0.5, 0.6) is 0 Å². The van der Waals surface area contributed by atoms with Crippen LogP contribution in [0.25, 0.3) is 0 Å². The number of alkyl halides is 3. The molecule has 1 N–H and O–H groups in total. The van der Waals surface area contributed by atoms with Gasteiger partial charge in [0.2, 0.25) is 0 Å². The Kier molecular flexibility index (Phi) is 7.90. The third kappa shape index (κ3) is 6.42. The number of morpholine rings is 1. The third-order valence-corrected chi connectivity index (χ3v) is 5.76. The molecule has 1 amide bonds. The van der Waals surface area contributed by atoms with Crippen molar-refractivity contribution in [2.45, 2.75) is 12.6 Å². The van der Waals surface area contributed by atoms with Gasteiger partial charge >= 0.3 is 12.1 Å². The second-order valence-electron chi connectivity index (χ2n) is 8.27. The molecule has 9 heteroatoms. The molecule has 0 spiro atoms. The van der Waals surface area contributed by atoms with E-state index in [4.69, 9.17) is 9.47 Å². The van der Waals surface area contributed by atoms with E-state index in [-0.39, 0.29) is 5.69 Å². The van der Waals surface area contributed by atoms with E-state index in [9.17, 15) is 22.8 Å². The summed E-state index contributed by atoms with van der Waals surface area (Å²) in [4.78, 5) is 27.2. The number of carbonyl (C=O) groups is 2. The zero-order chi connectivity index (χ0) is 25.5. The second kappa shape index (κ2) is 11.3. The fourth-order valence-electron chi connectivity index (χ4n) is 3.98. The van der Waals surface area contributed by atoms with Crippen LogP contribution in [0.4, 0.5) is 24.5 Å². The molecule has 1 heterocycles. The fraction of sp³-hybridized carbons (Fsp3) is 0.259. The number of anilines is 2. The molecule has 188 valence electrons. The van der Waals surface area contributed by atoms with Crippen LogP contribution >= 0.6 is 0 Å². The molecule has 0 atom stereocenters. The van der Waals surface area contributed by atoms with Crippen LogP contribution in [-0.2, 0) is 26.9 Å². The lowest BCUT2D eigenvalue weighted by Gasteiger charge is -2.31. The van der Waals surface area contributed by atoms with Gasteiger partial charge in [-0.25, -0.2) is 4.79 Å². The smallest absolute Gasteiger partial charge is 0.416 e. The molecule has 1 aliphatic heterocycles. The van der Waals surface area contributed by atoms with Gasteiger partial charge in [0.25, 0.3) is 5.91 Å². The number of carbonyl (C=O) groups excluding carboxylic acids is 2. The number of esters is 1. The van der Waals surface area contributed by atoms with E-state index in [0.29, 0.717) is 44.0 Å². The highest BCUT2D eigenvalue weighted by molar-refractivity contribution is 5.98. The predicted octanol–water partition coefficient (Wildman–Crippen LogP) is 4.93. The molecule has 36 heavy (non-hydrogen) atoms. The summed E-state index contributed by atoms with van der Waals surface area (Å²) in [5.41, 5.74) is 1.62. The Morgan fingerprint density at radius 1 is 0.944 bits per heavy atom. The van der Waals surface area contributed by atoms with Crippen molar-refractivity contribution < 1.29 is 32.2 Å². The molecule has 3 aromatic rings. The third-order valence-electron chi connectivity index (χ3n) is 5.76. The maximum atomic E-state index is 13.3. The maximum absolute atomic E-state index is 13.3. The first-order valence-electron chi connectivity index (χ1n) is 11.4. The summed E-state index contributed by atoms with van der Waals surface area (Å²) in [6, 6.07) is 19.7. The number of nitrogens with one attached hydrogen (secondary N) is 1. The highest BCUT2D eigenvalue weighted by Gasteiger charge is 2.32. The minimum atomic E-state index is -4.57. The number of hydrogen-bond acceptors (Lipinski definition) is 5. The largest absolute Gasteiger partial charge is 0.452 e. The molecule has 1 saturated heterocycles. The van der Waals surface area contributed by atoms with Gasteiger partial charge in [-0.1, -0.05) is 48.5 Å². The molecule has 1 fully saturated rings. The Bertz CT molecular complexity index is 1210. The van der Waals surface area contributed by atoms with Crippen LogP contribution in [0.1, 0.15) is 27.0 Å². The summed E-state index contributed by atoms with van der Waals surface area (Å²) in [6.45, 7) is 1.16. The van der Waals surface area contributed by atoms with Crippen molar-refractivity contribution in [2.24, 2.45) is 0 Å². The first-order valence-corrected chi connectivity index (χ1v) is 11.4. The fourth-order valence-corrected chi connectivity index (χ4v) is 3.98. The molecular weight excluding hydrogens is 473 g/mol. The lowest BCUT2D eigenvalue weighted by atomic mass is 10.00. The van der Waals surface area contributed by atoms with Crippen molar-refractivity contribution in [1.29, 1.82) is 0 Å². The quantitative estimate of drug-likeness (QED) is 0.468. The molecule has 4 rings (SSSR count). The van der Waals surface area contributed by atoms with Crippen molar-refractivity contribution in [3.63, 3.8) is 0 Å². The van der Waals surface area contributed by atoms with Gasteiger partial charge in [-0.2, -0.15) is 13.2 Å². The Labute approximate surface area is 206 Å². The highest BCUT2D eigenvalue weighted by atomic mass is 19.4. The van der Waals surface area contributed by atoms with Crippen LogP contribution in [0.3, 0.4) is 0 Å². The van der Waals surface area contributed by atoms with E-state index >= 15 is 0 Å². The number of halogens is 3. The Hall–Kier alpha value is -3.85. The highest BCUT2D eigenvalue weighted by Crippen LogP contribution is 2.35. The Morgan fingerprint density at radius 3 is 2.36 bits per heavy atom. The van der Waals surface area contributed by atoms with Crippen LogP contribution in [0, 0.1) is 0 Å². The SMILES string of the molecule is O=C(COC(=O)c1ccccc1Cc1ccccc1)Nc1cc(C(F)(F)F)ccc1N1CCOCC1. The summed E-state index contributed by atoms with van der Waals surface area (Å²) in [5, 5.41) is 2.48. The van der Waals surface area contributed by atoms with Gasteiger partial charge in [0.1, 0.15) is 0 Å². The number of hydrogen-bond donors (Lipinski definition) is 1. The minimum Gasteiger partial charge on any atom is -0.452 e. The average molecular weight is 499 g/mol. The number of benzene rings is 3. The van der Waals surface area contributed by atoms with Crippen molar-refractivity contribution in [3.8, 4) is 0 Å². The predicted molar refractivity (Wildman–Crippen MR) is 129 cm³/mol. The van der Waals surface area contributed by atoms with E-state index in [0.717, 1.165) is 23.3 Å². The monoisotopic (exact) mass is 498 g/mol. The van der Waals surface area contributed by atoms with E-state index in [1.807, 2.05) is 41.3 Å². The molecule has 1 aliphatic rings. The van der Waals surface area contributed by atoms with Crippen LogP contribution in [0.15, 0.2) is 72.8 Å². The summed E-state index contributed by atoms with van der Waals surface area (Å²) in [6.07, 6.45) is -4.07. The van der Waals surface area contributed by atoms with Gasteiger partial charge in [-0.15, -0.1) is 0 Å². The number of ether oxygens (including phenoxy) is 2. The lowest BCUT2D eigenvalue weighted by molar-refractivity contribution is -0.137. The molecular formula is C27H25F3N2O4. The summed E-state index contributed by atoms with van der Waals surface area (Å²) in [7, 11) is 0. The second-order valence-corrected chi connectivity index (χ2v) is 8.27. The topological polar surface area (TPSA) is 67.9 Å². The van der Waals surface area contributed by atoms with Crippen LogP contribution in [0.2, 0.25) is 0 Å². The molecule has 0 aliphatic carbocycles. The zero-order valence-corrected chi connectivity index (χ0v) is 19.4. The summed E-state index contributed by atoms with van der Waals surface area (Å²) >= 11 is 0. The van der Waals surface area contributed by atoms with Gasteiger partial charge < -0.3 is 19.7 Å². The van der Waals surface area contributed by atoms with Gasteiger partial charge in [-0.3, -0.25) is 4.79 Å². The summed E-state index contributed by atoms with van der Waals surface area (Å²) in [5.74, 6) is -1.42. The van der Waals surface area contributed by atoms with E-state index < -0.39 is 30.2 Å². The van der Waals surface area contributed by atoms with E-state index in [2.05, 4.69) is 5.32 Å². The molecule has 0 radical (unpaired) electrons. The maximum Gasteiger partial charge on any atom is 0.416 e. The van der Waals surface area contributed by atoms with Crippen molar-refractivity contribution in [3.05, 3.63) is 95.1 Å². The minimum absolute atomic E-state index is 0.00254. The number of nitrogens with zero attached hydrogens (tertiary/aromatic N) is 1. The van der Waals surface area contributed by atoms with Crippen molar-refractivity contribution >= 4 is 23.3 Å². The van der Waals surface area contributed by atoms with Crippen LogP contribution in [-0.4, -0.2) is 44.8 Å². The summed E-state index contributed by atoms with van der Waals surface area (Å²) < 4.78 is 50.4. The lowest BCUT2D eigenvalue weighted by Crippen LogP contribution is -2.37. The molecule has 0 bridgehead atoms. The normalized spacial score (nSPS) is 13.8. The van der Waals surface area contributed by atoms with E-state index in [1.165, 1.54) is 6.07 Å². The van der Waals surface area contributed by atoms with Gasteiger partial charge in [0.05, 0.1) is 35.7 Å². The Balaban J connectivity index is 1.45. The number of rotatable bonds is 7. The van der Waals surface area contributed by atoms with Gasteiger partial charge in [0, 0.05) is 13.1 Å². The van der Waals surface area contributed by atoms with Crippen molar-refractivity contribution in [2.75, 3.05) is 43.1 Å². The molecule has 3 aromatic carbocycles. The number of amides is 1. The van der Waals surface area contributed by atoms with Gasteiger partial charge in [0.15, 0.2) is 6.61 Å². The molecule has 0 unspecified atom stereocenters. The first-order chi connectivity index (χ1) is 17.3. The molecule has 6 nitrogen and oxygen atoms in total. The average Bonchev–Trinajstić information content (AvgIpc) is 2.88. The van der Waals surface area contributed by atoms with Gasteiger partial charge in [-0.05, 0) is 41.8 Å². The standard InChI is InChI=1S/C27H25F3N2O4/c28-27(29,30)21-10-11-24(32-12-14-35-15-13-32)23(17-21)31-25(33)18-36-26(34)22-9-5-4-8-20(22)16-19-6-2-1-3-7-19/h1-11,17H,12-16,18H2,(H,31,33). The molecule has 0 saturated carbocycles. The zero-order valence-electron chi connectivity index (χ0n) is 19.4. The first kappa shape index (κ1) is 25.2. The van der Waals surface area contributed by atoms with E-state index in [1.54, 1.807) is 18.2 Å². The van der Waals surface area contributed by atoms with Crippen LogP contribution < -0.4 is 10.2 Å².